The maximum absolute atomic E-state index is 6.19. The zero-order valence-corrected chi connectivity index (χ0v) is 16.5. The first-order valence-corrected chi connectivity index (χ1v) is 12.1. The zero-order chi connectivity index (χ0) is 15.6. The molecule has 0 amide bonds. The lowest BCUT2D eigenvalue weighted by Gasteiger charge is -2.16. The molecular formula is C19H42OSi. The van der Waals surface area contributed by atoms with Crippen LogP contribution in [0, 0.1) is 0 Å². The van der Waals surface area contributed by atoms with Crippen molar-refractivity contribution < 1.29 is 4.43 Å². The predicted molar refractivity (Wildman–Crippen MR) is 99.8 cm³/mol. The fourth-order valence-electron chi connectivity index (χ4n) is 2.90. The van der Waals surface area contributed by atoms with E-state index in [9.17, 15) is 0 Å². The van der Waals surface area contributed by atoms with E-state index in [1.807, 2.05) is 0 Å². The minimum atomic E-state index is -0.869. The first-order chi connectivity index (χ1) is 10.3. The second-order valence-corrected chi connectivity index (χ2v) is 9.34. The highest BCUT2D eigenvalue weighted by molar-refractivity contribution is 6.51. The predicted octanol–water partition coefficient (Wildman–Crippen LogP) is 6.86. The van der Waals surface area contributed by atoms with E-state index in [-0.39, 0.29) is 0 Å². The minimum Gasteiger partial charge on any atom is -0.420 e. The molecule has 21 heavy (non-hydrogen) atoms. The van der Waals surface area contributed by atoms with Crippen LogP contribution in [0.2, 0.25) is 12.1 Å². The highest BCUT2D eigenvalue weighted by atomic mass is 28.3. The molecule has 0 heterocycles. The molecule has 0 aromatic heterocycles. The normalized spacial score (nSPS) is 11.4. The summed E-state index contributed by atoms with van der Waals surface area (Å²) in [4.78, 5) is 0. The van der Waals surface area contributed by atoms with E-state index in [1.165, 1.54) is 95.6 Å². The molecule has 1 nitrogen and oxygen atoms in total. The molecule has 2 heteroatoms. The first kappa shape index (κ1) is 21.2. The van der Waals surface area contributed by atoms with Gasteiger partial charge in [0, 0.05) is 6.61 Å². The number of unbranched alkanes of at least 4 members (excludes halogenated alkanes) is 10. The summed E-state index contributed by atoms with van der Waals surface area (Å²) in [6, 6.07) is 2.86. The summed E-state index contributed by atoms with van der Waals surface area (Å²) in [7, 11) is -0.869. The highest BCUT2D eigenvalue weighted by Gasteiger charge is 2.11. The molecule has 0 aliphatic rings. The Hall–Kier alpha value is 0.177. The molecule has 0 aromatic rings. The van der Waals surface area contributed by atoms with Crippen LogP contribution >= 0.6 is 0 Å². The van der Waals surface area contributed by atoms with Crippen LogP contribution in [0.4, 0.5) is 0 Å². The third-order valence-corrected chi connectivity index (χ3v) is 7.13. The maximum Gasteiger partial charge on any atom is 0.176 e. The van der Waals surface area contributed by atoms with Crippen molar-refractivity contribution in [1.29, 1.82) is 0 Å². The molecule has 0 fully saturated rings. The van der Waals surface area contributed by atoms with Gasteiger partial charge in [0.1, 0.15) is 0 Å². The van der Waals surface area contributed by atoms with Crippen LogP contribution in [-0.2, 0) is 4.43 Å². The maximum atomic E-state index is 6.19. The number of rotatable bonds is 17. The smallest absolute Gasteiger partial charge is 0.176 e. The monoisotopic (exact) mass is 314 g/mol. The molecule has 0 unspecified atom stereocenters. The Morgan fingerprint density at radius 2 is 0.952 bits per heavy atom. The molecule has 0 atom stereocenters. The molecule has 0 radical (unpaired) electrons. The molecule has 0 rings (SSSR count). The van der Waals surface area contributed by atoms with E-state index in [4.69, 9.17) is 4.43 Å². The summed E-state index contributed by atoms with van der Waals surface area (Å²) in [5.41, 5.74) is 0. The zero-order valence-electron chi connectivity index (χ0n) is 15.3. The van der Waals surface area contributed by atoms with E-state index < -0.39 is 9.04 Å². The largest absolute Gasteiger partial charge is 0.420 e. The lowest BCUT2D eigenvalue weighted by Crippen LogP contribution is -2.18. The van der Waals surface area contributed by atoms with Gasteiger partial charge in [-0.15, -0.1) is 0 Å². The third kappa shape index (κ3) is 16.4. The Labute approximate surface area is 137 Å². The van der Waals surface area contributed by atoms with Gasteiger partial charge in [-0.1, -0.05) is 97.8 Å². The standard InChI is InChI=1S/C19H42OSi/c1-4-7-9-11-13-15-18-21(20-17-6-3)19-16-14-12-10-8-5-2/h21H,4-19H2,1-3H3. The van der Waals surface area contributed by atoms with Crippen LogP contribution in [0.25, 0.3) is 0 Å². The van der Waals surface area contributed by atoms with Crippen LogP contribution in [0.5, 0.6) is 0 Å². The van der Waals surface area contributed by atoms with Crippen molar-refractivity contribution in [3.63, 3.8) is 0 Å². The Kier molecular flexibility index (Phi) is 18.4. The fraction of sp³-hybridized carbons (Fsp3) is 1.00. The molecule has 0 aromatic carbocycles. The Morgan fingerprint density at radius 3 is 1.38 bits per heavy atom. The molecule has 0 aliphatic heterocycles. The van der Waals surface area contributed by atoms with Crippen molar-refractivity contribution in [3.8, 4) is 0 Å². The van der Waals surface area contributed by atoms with Gasteiger partial charge in [-0.25, -0.2) is 0 Å². The summed E-state index contributed by atoms with van der Waals surface area (Å²) in [6.45, 7) is 7.84. The molecule has 0 spiro atoms. The van der Waals surface area contributed by atoms with E-state index in [2.05, 4.69) is 20.8 Å². The topological polar surface area (TPSA) is 9.23 Å². The summed E-state index contributed by atoms with van der Waals surface area (Å²) < 4.78 is 6.19. The van der Waals surface area contributed by atoms with E-state index in [1.54, 1.807) is 0 Å². The third-order valence-electron chi connectivity index (χ3n) is 4.32. The average molecular weight is 315 g/mol. The molecule has 0 N–H and O–H groups in total. The second kappa shape index (κ2) is 18.2. The summed E-state index contributed by atoms with van der Waals surface area (Å²) in [6.07, 6.45) is 18.3. The van der Waals surface area contributed by atoms with Crippen molar-refractivity contribution in [2.75, 3.05) is 6.61 Å². The summed E-state index contributed by atoms with van der Waals surface area (Å²) >= 11 is 0. The molecular weight excluding hydrogens is 272 g/mol. The highest BCUT2D eigenvalue weighted by Crippen LogP contribution is 2.16. The van der Waals surface area contributed by atoms with Gasteiger partial charge in [-0.05, 0) is 18.5 Å². The van der Waals surface area contributed by atoms with Gasteiger partial charge in [0.2, 0.25) is 0 Å². The van der Waals surface area contributed by atoms with Crippen molar-refractivity contribution in [3.05, 3.63) is 0 Å². The second-order valence-electron chi connectivity index (χ2n) is 6.61. The van der Waals surface area contributed by atoms with Gasteiger partial charge >= 0.3 is 0 Å². The first-order valence-electron chi connectivity index (χ1n) is 9.96. The lowest BCUT2D eigenvalue weighted by atomic mass is 10.1. The van der Waals surface area contributed by atoms with Crippen LogP contribution < -0.4 is 0 Å². The lowest BCUT2D eigenvalue weighted by molar-refractivity contribution is 0.315. The fourth-order valence-corrected chi connectivity index (χ4v) is 5.58. The number of hydrogen-bond donors (Lipinski definition) is 0. The van der Waals surface area contributed by atoms with Gasteiger partial charge < -0.3 is 4.43 Å². The molecule has 0 bridgehead atoms. The van der Waals surface area contributed by atoms with Crippen LogP contribution in [-0.4, -0.2) is 15.6 Å². The van der Waals surface area contributed by atoms with Crippen molar-refractivity contribution in [2.45, 2.75) is 116 Å². The Morgan fingerprint density at radius 1 is 0.524 bits per heavy atom. The Balaban J connectivity index is 3.56. The SMILES string of the molecule is CCCCCCCC[SiH](CCCCCCCC)OCCC. The van der Waals surface area contributed by atoms with Gasteiger partial charge in [0.05, 0.1) is 0 Å². The van der Waals surface area contributed by atoms with Gasteiger partial charge in [0.25, 0.3) is 0 Å². The van der Waals surface area contributed by atoms with Crippen LogP contribution in [0.1, 0.15) is 104 Å². The molecule has 0 aliphatic carbocycles. The van der Waals surface area contributed by atoms with E-state index in [0.717, 1.165) is 6.61 Å². The summed E-state index contributed by atoms with van der Waals surface area (Å²) in [5.74, 6) is 0. The average Bonchev–Trinajstić information content (AvgIpc) is 2.50. The minimum absolute atomic E-state index is 0.869. The van der Waals surface area contributed by atoms with Crippen molar-refractivity contribution in [2.24, 2.45) is 0 Å². The number of hydrogen-bond acceptors (Lipinski definition) is 1. The van der Waals surface area contributed by atoms with Gasteiger partial charge in [0.15, 0.2) is 9.04 Å². The van der Waals surface area contributed by atoms with E-state index >= 15 is 0 Å². The quantitative estimate of drug-likeness (QED) is 0.210. The summed E-state index contributed by atoms with van der Waals surface area (Å²) in [5, 5.41) is 0. The molecule has 0 saturated heterocycles. The van der Waals surface area contributed by atoms with E-state index in [0.29, 0.717) is 0 Å². The molecule has 128 valence electrons. The van der Waals surface area contributed by atoms with Crippen LogP contribution in [0.3, 0.4) is 0 Å². The van der Waals surface area contributed by atoms with Crippen molar-refractivity contribution >= 4 is 9.04 Å². The molecule has 0 saturated carbocycles. The van der Waals surface area contributed by atoms with Gasteiger partial charge in [-0.3, -0.25) is 0 Å². The van der Waals surface area contributed by atoms with Gasteiger partial charge in [-0.2, -0.15) is 0 Å². The van der Waals surface area contributed by atoms with Crippen molar-refractivity contribution in [1.82, 2.24) is 0 Å². The Bertz CT molecular complexity index is 168. The van der Waals surface area contributed by atoms with Crippen LogP contribution in [0.15, 0.2) is 0 Å².